The molecule has 0 amide bonds. The number of ether oxygens (including phenoxy) is 1. The van der Waals surface area contributed by atoms with Crippen LogP contribution in [0.5, 0.6) is 5.75 Å². The number of thiol groups is 1. The van der Waals surface area contributed by atoms with Crippen LogP contribution >= 0.6 is 0 Å². The molecular weight excluding hydrogens is 428 g/mol. The summed E-state index contributed by atoms with van der Waals surface area (Å²) < 4.78 is 32.0. The molecule has 2 aliphatic heterocycles. The molecule has 0 unspecified atom stereocenters. The molecule has 0 aromatic heterocycles. The van der Waals surface area contributed by atoms with E-state index in [2.05, 4.69) is 11.8 Å². The van der Waals surface area contributed by atoms with Crippen molar-refractivity contribution in [3.63, 3.8) is 0 Å². The Morgan fingerprint density at radius 2 is 2.03 bits per heavy atom. The van der Waals surface area contributed by atoms with Crippen LogP contribution in [0.25, 0.3) is 0 Å². The highest BCUT2D eigenvalue weighted by Crippen LogP contribution is 2.56. The zero-order valence-electron chi connectivity index (χ0n) is 18.1. The Kier molecular flexibility index (Phi) is 5.59. The van der Waals surface area contributed by atoms with Crippen molar-refractivity contribution in [1.29, 1.82) is 0 Å². The predicted molar refractivity (Wildman–Crippen MR) is 123 cm³/mol. The summed E-state index contributed by atoms with van der Waals surface area (Å²) in [6.07, 6.45) is 2.81. The van der Waals surface area contributed by atoms with Gasteiger partial charge in [0.05, 0.1) is 18.0 Å². The van der Waals surface area contributed by atoms with E-state index in [0.717, 1.165) is 54.3 Å². The maximum Gasteiger partial charge on any atom is 0.341 e. The predicted octanol–water partition coefficient (Wildman–Crippen LogP) is 3.43. The van der Waals surface area contributed by atoms with Crippen molar-refractivity contribution in [2.45, 2.75) is 32.1 Å². The minimum atomic E-state index is -3.11. The molecule has 1 aliphatic carbocycles. The molecule has 2 aromatic carbocycles. The van der Waals surface area contributed by atoms with Crippen molar-refractivity contribution < 1.29 is 23.1 Å². The highest BCUT2D eigenvalue weighted by atomic mass is 32.2. The van der Waals surface area contributed by atoms with E-state index in [-0.39, 0.29) is 11.3 Å². The van der Waals surface area contributed by atoms with Crippen LogP contribution < -0.4 is 9.04 Å². The van der Waals surface area contributed by atoms with Crippen LogP contribution in [0.15, 0.2) is 36.4 Å². The third-order valence-electron chi connectivity index (χ3n) is 7.08. The van der Waals surface area contributed by atoms with Crippen LogP contribution in [-0.2, 0) is 17.3 Å². The monoisotopic (exact) mass is 456 g/mol. The SMILES string of the molecule is CCN1CC[C@@H](Cc2ccccc2N(c2ccc3c(c2C(=O)O)OC[C@@H]2C[C@H]32)[SH](=O)=O)C1. The summed E-state index contributed by atoms with van der Waals surface area (Å²) in [5.74, 6) is 0.348. The summed E-state index contributed by atoms with van der Waals surface area (Å²) in [5, 5.41) is 10.0. The number of rotatable bonds is 7. The minimum absolute atomic E-state index is 0.0696. The Labute approximate surface area is 189 Å². The number of likely N-dealkylation sites (tertiary alicyclic amines) is 1. The van der Waals surface area contributed by atoms with Gasteiger partial charge in [0.2, 0.25) is 10.9 Å². The molecule has 5 rings (SSSR count). The Bertz CT molecular complexity index is 1120. The minimum Gasteiger partial charge on any atom is -0.492 e. The summed E-state index contributed by atoms with van der Waals surface area (Å²) in [7, 11) is -3.11. The first-order valence-electron chi connectivity index (χ1n) is 11.3. The van der Waals surface area contributed by atoms with Crippen molar-refractivity contribution >= 4 is 28.2 Å². The van der Waals surface area contributed by atoms with Crippen molar-refractivity contribution in [1.82, 2.24) is 4.90 Å². The van der Waals surface area contributed by atoms with E-state index in [4.69, 9.17) is 4.74 Å². The molecule has 32 heavy (non-hydrogen) atoms. The smallest absolute Gasteiger partial charge is 0.341 e. The van der Waals surface area contributed by atoms with E-state index < -0.39 is 16.9 Å². The molecule has 3 atom stereocenters. The first-order chi connectivity index (χ1) is 15.5. The van der Waals surface area contributed by atoms with Crippen LogP contribution in [-0.4, -0.2) is 50.6 Å². The fourth-order valence-corrected chi connectivity index (χ4v) is 6.01. The number of carbonyl (C=O) groups is 1. The molecule has 1 N–H and O–H groups in total. The maximum absolute atomic E-state index is 12.5. The lowest BCUT2D eigenvalue weighted by atomic mass is 9.96. The van der Waals surface area contributed by atoms with Crippen LogP contribution in [0.3, 0.4) is 0 Å². The van der Waals surface area contributed by atoms with Crippen LogP contribution in [0, 0.1) is 11.8 Å². The maximum atomic E-state index is 12.5. The molecule has 7 nitrogen and oxygen atoms in total. The van der Waals surface area contributed by atoms with Gasteiger partial charge in [0.25, 0.3) is 0 Å². The van der Waals surface area contributed by atoms with Gasteiger partial charge in [-0.1, -0.05) is 31.2 Å². The molecule has 2 heterocycles. The number of benzene rings is 2. The topological polar surface area (TPSA) is 87.2 Å². The molecule has 170 valence electrons. The molecule has 2 fully saturated rings. The summed E-state index contributed by atoms with van der Waals surface area (Å²) in [5.41, 5.74) is 2.37. The molecule has 0 spiro atoms. The lowest BCUT2D eigenvalue weighted by Gasteiger charge is -2.26. The number of hydrogen-bond donors (Lipinski definition) is 2. The largest absolute Gasteiger partial charge is 0.492 e. The summed E-state index contributed by atoms with van der Waals surface area (Å²) >= 11 is 0. The number of carboxylic acids is 1. The van der Waals surface area contributed by atoms with Gasteiger partial charge in [-0.2, -0.15) is 0 Å². The molecular formula is C24H28N2O5S. The average Bonchev–Trinajstić information content (AvgIpc) is 3.44. The number of nitrogens with zero attached hydrogens (tertiary/aromatic N) is 2. The van der Waals surface area contributed by atoms with E-state index in [0.29, 0.717) is 35.8 Å². The Balaban J connectivity index is 1.57. The lowest BCUT2D eigenvalue weighted by molar-refractivity contribution is 0.0692. The normalized spacial score (nSPS) is 24.0. The van der Waals surface area contributed by atoms with Crippen molar-refractivity contribution in [2.75, 3.05) is 30.5 Å². The third-order valence-corrected chi connectivity index (χ3v) is 7.84. The lowest BCUT2D eigenvalue weighted by Crippen LogP contribution is -2.23. The molecule has 0 bridgehead atoms. The van der Waals surface area contributed by atoms with Crippen LogP contribution in [0.2, 0.25) is 0 Å². The Morgan fingerprint density at radius 3 is 2.75 bits per heavy atom. The molecule has 2 aromatic rings. The van der Waals surface area contributed by atoms with Crippen molar-refractivity contribution in [2.24, 2.45) is 11.8 Å². The Hall–Kier alpha value is -2.58. The van der Waals surface area contributed by atoms with Gasteiger partial charge in [-0.3, -0.25) is 0 Å². The van der Waals surface area contributed by atoms with E-state index in [1.165, 1.54) is 0 Å². The first-order valence-corrected chi connectivity index (χ1v) is 12.4. The fraction of sp³-hybridized carbons (Fsp3) is 0.458. The molecule has 3 aliphatic rings. The molecule has 1 saturated carbocycles. The summed E-state index contributed by atoms with van der Waals surface area (Å²) in [4.78, 5) is 14.7. The summed E-state index contributed by atoms with van der Waals surface area (Å²) in [6.45, 7) is 5.68. The number of hydrogen-bond acceptors (Lipinski definition) is 5. The van der Waals surface area contributed by atoms with E-state index in [1.807, 2.05) is 18.2 Å². The number of para-hydroxylation sites is 1. The van der Waals surface area contributed by atoms with Crippen molar-refractivity contribution in [3.05, 3.63) is 53.1 Å². The van der Waals surface area contributed by atoms with Gasteiger partial charge in [0.1, 0.15) is 11.3 Å². The fourth-order valence-electron chi connectivity index (χ4n) is 5.30. The highest BCUT2D eigenvalue weighted by molar-refractivity contribution is 7.74. The van der Waals surface area contributed by atoms with E-state index in [9.17, 15) is 18.3 Å². The van der Waals surface area contributed by atoms with Gasteiger partial charge in [-0.15, -0.1) is 0 Å². The van der Waals surface area contributed by atoms with Gasteiger partial charge in [-0.25, -0.2) is 17.5 Å². The highest BCUT2D eigenvalue weighted by Gasteiger charge is 2.45. The number of aromatic carboxylic acids is 1. The van der Waals surface area contributed by atoms with Crippen LogP contribution in [0.1, 0.15) is 47.2 Å². The van der Waals surface area contributed by atoms with Gasteiger partial charge in [0, 0.05) is 12.5 Å². The zero-order valence-corrected chi connectivity index (χ0v) is 19.0. The first kappa shape index (κ1) is 21.3. The van der Waals surface area contributed by atoms with Gasteiger partial charge in [-0.05, 0) is 67.4 Å². The molecule has 1 saturated heterocycles. The number of anilines is 2. The molecule has 8 heteroatoms. The standard InChI is InChI=1S/C24H28N2O5S/c1-2-25-10-9-15(13-25)11-16-5-3-4-6-20(16)26(32(29)30)21-8-7-18-19-12-17(19)14-31-23(18)22(21)24(27)28/h3-8,15,17,19,32H,2,9-14H2,1H3,(H,27,28)/t15-,17-,19-/m0/s1. The van der Waals surface area contributed by atoms with Crippen LogP contribution in [0.4, 0.5) is 11.4 Å². The number of fused-ring (bicyclic) bond motifs is 3. The van der Waals surface area contributed by atoms with E-state index in [1.54, 1.807) is 18.2 Å². The van der Waals surface area contributed by atoms with Gasteiger partial charge >= 0.3 is 5.97 Å². The second-order valence-corrected chi connectivity index (χ2v) is 9.90. The Morgan fingerprint density at radius 1 is 1.22 bits per heavy atom. The average molecular weight is 457 g/mol. The summed E-state index contributed by atoms with van der Waals surface area (Å²) in [6, 6.07) is 10.9. The van der Waals surface area contributed by atoms with E-state index >= 15 is 0 Å². The second kappa shape index (κ2) is 8.41. The quantitative estimate of drug-likeness (QED) is 0.621. The van der Waals surface area contributed by atoms with Gasteiger partial charge in [0.15, 0.2) is 0 Å². The number of carboxylic acid groups (broad SMARTS) is 1. The second-order valence-electron chi connectivity index (χ2n) is 9.03. The van der Waals surface area contributed by atoms with Gasteiger partial charge < -0.3 is 14.7 Å². The molecule has 0 radical (unpaired) electrons. The zero-order chi connectivity index (χ0) is 22.4. The third kappa shape index (κ3) is 3.75. The van der Waals surface area contributed by atoms with Crippen molar-refractivity contribution in [3.8, 4) is 5.75 Å².